The average molecular weight is 260 g/mol. The molecule has 0 unspecified atom stereocenters. The van der Waals surface area contributed by atoms with Gasteiger partial charge in [0.25, 0.3) is 0 Å². The second-order valence-electron chi connectivity index (χ2n) is 3.24. The molecule has 0 amide bonds. The molecule has 16 heavy (non-hydrogen) atoms. The lowest BCUT2D eigenvalue weighted by atomic mass is 10.4. The Hall–Kier alpha value is -1.01. The van der Waals surface area contributed by atoms with Crippen LogP contribution in [0, 0.1) is 0 Å². The van der Waals surface area contributed by atoms with Gasteiger partial charge in [-0.15, -0.1) is 11.8 Å². The molecule has 1 N–H and O–H groups in total. The van der Waals surface area contributed by atoms with Crippen LogP contribution in [0.1, 0.15) is 6.42 Å². The zero-order valence-electron chi connectivity index (χ0n) is 8.71. The van der Waals surface area contributed by atoms with Crippen molar-refractivity contribution < 1.29 is 18.3 Å². The maximum absolute atomic E-state index is 11.2. The van der Waals surface area contributed by atoms with Crippen molar-refractivity contribution in [3.63, 3.8) is 0 Å². The van der Waals surface area contributed by atoms with Gasteiger partial charge in [0.1, 0.15) is 0 Å². The number of carboxylic acids is 1. The van der Waals surface area contributed by atoms with Gasteiger partial charge in [0.15, 0.2) is 9.84 Å². The molecule has 0 fully saturated rings. The minimum Gasteiger partial charge on any atom is -0.481 e. The van der Waals surface area contributed by atoms with Crippen LogP contribution in [-0.4, -0.2) is 31.5 Å². The number of thioether (sulfide) groups is 1. The Morgan fingerprint density at radius 2 is 1.88 bits per heavy atom. The number of hydrogen-bond acceptors (Lipinski definition) is 4. The van der Waals surface area contributed by atoms with E-state index in [1.165, 1.54) is 23.9 Å². The van der Waals surface area contributed by atoms with Gasteiger partial charge in [-0.2, -0.15) is 0 Å². The first kappa shape index (κ1) is 13.1. The van der Waals surface area contributed by atoms with Crippen LogP contribution in [0.4, 0.5) is 0 Å². The molecule has 0 aliphatic heterocycles. The summed E-state index contributed by atoms with van der Waals surface area (Å²) in [4.78, 5) is 11.4. The van der Waals surface area contributed by atoms with Crippen LogP contribution in [0.3, 0.4) is 0 Å². The van der Waals surface area contributed by atoms with E-state index in [1.54, 1.807) is 12.1 Å². The minimum absolute atomic E-state index is 0.0957. The van der Waals surface area contributed by atoms with Gasteiger partial charge in [-0.05, 0) is 24.3 Å². The molecule has 1 aromatic carbocycles. The van der Waals surface area contributed by atoms with E-state index >= 15 is 0 Å². The van der Waals surface area contributed by atoms with E-state index < -0.39 is 15.8 Å². The largest absolute Gasteiger partial charge is 0.481 e. The third-order valence-electron chi connectivity index (χ3n) is 1.84. The van der Waals surface area contributed by atoms with Gasteiger partial charge < -0.3 is 5.11 Å². The SMILES string of the molecule is CS(=O)(=O)c1ccc(SCCC(=O)O)cc1. The van der Waals surface area contributed by atoms with Crippen molar-refractivity contribution >= 4 is 27.6 Å². The van der Waals surface area contributed by atoms with Crippen molar-refractivity contribution in [1.82, 2.24) is 0 Å². The lowest BCUT2D eigenvalue weighted by Gasteiger charge is -2.01. The Morgan fingerprint density at radius 1 is 1.31 bits per heavy atom. The lowest BCUT2D eigenvalue weighted by molar-refractivity contribution is -0.136. The van der Waals surface area contributed by atoms with E-state index in [9.17, 15) is 13.2 Å². The number of carboxylic acid groups (broad SMARTS) is 1. The summed E-state index contributed by atoms with van der Waals surface area (Å²) in [5, 5.41) is 8.45. The van der Waals surface area contributed by atoms with Crippen molar-refractivity contribution in [3.8, 4) is 0 Å². The molecule has 0 radical (unpaired) electrons. The molecule has 0 heterocycles. The number of aliphatic carboxylic acids is 1. The predicted molar refractivity (Wildman–Crippen MR) is 62.5 cm³/mol. The standard InChI is InChI=1S/C10H12O4S2/c1-16(13,14)9-4-2-8(3-5-9)15-7-6-10(11)12/h2-5H,6-7H2,1H3,(H,11,12). The second kappa shape index (κ2) is 5.36. The summed E-state index contributed by atoms with van der Waals surface area (Å²) in [7, 11) is -3.16. The van der Waals surface area contributed by atoms with Gasteiger partial charge >= 0.3 is 5.97 Å². The molecule has 0 spiro atoms. The van der Waals surface area contributed by atoms with E-state index in [2.05, 4.69) is 0 Å². The van der Waals surface area contributed by atoms with Crippen LogP contribution in [0.25, 0.3) is 0 Å². The fourth-order valence-corrected chi connectivity index (χ4v) is 2.51. The molecule has 0 bridgehead atoms. The number of sulfone groups is 1. The highest BCUT2D eigenvalue weighted by atomic mass is 32.2. The topological polar surface area (TPSA) is 71.4 Å². The molecule has 0 atom stereocenters. The molecular formula is C10H12O4S2. The van der Waals surface area contributed by atoms with Crippen LogP contribution in [0.5, 0.6) is 0 Å². The van der Waals surface area contributed by atoms with Crippen molar-refractivity contribution in [2.75, 3.05) is 12.0 Å². The normalized spacial score (nSPS) is 11.3. The molecule has 0 aliphatic rings. The fraction of sp³-hybridized carbons (Fsp3) is 0.300. The fourth-order valence-electron chi connectivity index (χ4n) is 1.04. The molecule has 4 nitrogen and oxygen atoms in total. The third kappa shape index (κ3) is 4.24. The molecule has 88 valence electrons. The first-order chi connectivity index (χ1) is 7.39. The highest BCUT2D eigenvalue weighted by molar-refractivity contribution is 7.99. The van der Waals surface area contributed by atoms with E-state index in [1.807, 2.05) is 0 Å². The van der Waals surface area contributed by atoms with Crippen molar-refractivity contribution in [2.45, 2.75) is 16.2 Å². The molecule has 0 saturated heterocycles. The lowest BCUT2D eigenvalue weighted by Crippen LogP contribution is -1.97. The molecule has 0 aliphatic carbocycles. The maximum atomic E-state index is 11.2. The molecule has 6 heteroatoms. The summed E-state index contributed by atoms with van der Waals surface area (Å²) in [6.45, 7) is 0. The second-order valence-corrected chi connectivity index (χ2v) is 6.42. The average Bonchev–Trinajstić information content (AvgIpc) is 2.16. The van der Waals surface area contributed by atoms with E-state index in [0.29, 0.717) is 5.75 Å². The highest BCUT2D eigenvalue weighted by Crippen LogP contribution is 2.20. The monoisotopic (exact) mass is 260 g/mol. The summed E-state index contributed by atoms with van der Waals surface area (Å²) >= 11 is 1.39. The van der Waals surface area contributed by atoms with Crippen LogP contribution >= 0.6 is 11.8 Å². The molecule has 0 saturated carbocycles. The first-order valence-electron chi connectivity index (χ1n) is 4.54. The van der Waals surface area contributed by atoms with Crippen LogP contribution < -0.4 is 0 Å². The summed E-state index contributed by atoms with van der Waals surface area (Å²) in [5.41, 5.74) is 0. The van der Waals surface area contributed by atoms with Gasteiger partial charge in [-0.1, -0.05) is 0 Å². The molecular weight excluding hydrogens is 248 g/mol. The number of carbonyl (C=O) groups is 1. The maximum Gasteiger partial charge on any atom is 0.304 e. The Morgan fingerprint density at radius 3 is 2.31 bits per heavy atom. The molecule has 1 aromatic rings. The predicted octanol–water partition coefficient (Wildman–Crippen LogP) is 1.66. The molecule has 0 aromatic heterocycles. The van der Waals surface area contributed by atoms with Crippen molar-refractivity contribution in [2.24, 2.45) is 0 Å². The Balaban J connectivity index is 2.62. The van der Waals surface area contributed by atoms with Crippen molar-refractivity contribution in [1.29, 1.82) is 0 Å². The number of benzene rings is 1. The first-order valence-corrected chi connectivity index (χ1v) is 7.42. The van der Waals surface area contributed by atoms with Gasteiger partial charge in [0.2, 0.25) is 0 Å². The molecule has 1 rings (SSSR count). The number of hydrogen-bond donors (Lipinski definition) is 1. The van der Waals surface area contributed by atoms with Crippen LogP contribution in [0.2, 0.25) is 0 Å². The quantitative estimate of drug-likeness (QED) is 0.815. The van der Waals surface area contributed by atoms with Gasteiger partial charge in [-0.3, -0.25) is 4.79 Å². The number of rotatable bonds is 5. The van der Waals surface area contributed by atoms with E-state index in [4.69, 9.17) is 5.11 Å². The van der Waals surface area contributed by atoms with E-state index in [0.717, 1.165) is 11.2 Å². The van der Waals surface area contributed by atoms with Gasteiger partial charge in [0, 0.05) is 16.9 Å². The summed E-state index contributed by atoms with van der Waals surface area (Å²) in [6, 6.07) is 6.42. The Bertz CT molecular complexity index is 462. The smallest absolute Gasteiger partial charge is 0.304 e. The zero-order chi connectivity index (χ0) is 12.2. The summed E-state index contributed by atoms with van der Waals surface area (Å²) < 4.78 is 22.3. The highest BCUT2D eigenvalue weighted by Gasteiger charge is 2.06. The zero-order valence-corrected chi connectivity index (χ0v) is 10.3. The Kier molecular flexibility index (Phi) is 4.37. The summed E-state index contributed by atoms with van der Waals surface area (Å²) in [5.74, 6) is -0.353. The van der Waals surface area contributed by atoms with Gasteiger partial charge in [0.05, 0.1) is 11.3 Å². The summed E-state index contributed by atoms with van der Waals surface area (Å²) in [6.07, 6.45) is 1.25. The minimum atomic E-state index is -3.16. The van der Waals surface area contributed by atoms with Crippen LogP contribution in [-0.2, 0) is 14.6 Å². The third-order valence-corrected chi connectivity index (χ3v) is 3.98. The van der Waals surface area contributed by atoms with Gasteiger partial charge in [-0.25, -0.2) is 8.42 Å². The Labute approximate surface area is 98.6 Å². The van der Waals surface area contributed by atoms with Crippen molar-refractivity contribution in [3.05, 3.63) is 24.3 Å². The van der Waals surface area contributed by atoms with E-state index in [-0.39, 0.29) is 11.3 Å². The van der Waals surface area contributed by atoms with Crippen LogP contribution in [0.15, 0.2) is 34.1 Å².